The summed E-state index contributed by atoms with van der Waals surface area (Å²) in [7, 11) is 0. The molecule has 1 amide bonds. The maximum absolute atomic E-state index is 11.8. The van der Waals surface area contributed by atoms with Gasteiger partial charge in [0.1, 0.15) is 22.7 Å². The number of amides is 1. The first-order valence-corrected chi connectivity index (χ1v) is 7.07. The Morgan fingerprint density at radius 2 is 2.13 bits per heavy atom. The van der Waals surface area contributed by atoms with Gasteiger partial charge in [-0.3, -0.25) is 9.78 Å². The Kier molecular flexibility index (Phi) is 4.33. The van der Waals surface area contributed by atoms with E-state index < -0.39 is 0 Å². The molecule has 0 spiro atoms. The Balaban J connectivity index is 1.61. The molecular formula is C17H15N3O3. The summed E-state index contributed by atoms with van der Waals surface area (Å²) in [5.41, 5.74) is 3.73. The molecular weight excluding hydrogens is 294 g/mol. The zero-order valence-corrected chi connectivity index (χ0v) is 12.5. The molecule has 0 aliphatic carbocycles. The molecule has 2 heterocycles. The zero-order chi connectivity index (χ0) is 16.1. The molecule has 0 unspecified atom stereocenters. The molecule has 0 saturated carbocycles. The smallest absolute Gasteiger partial charge is 0.277 e. The maximum atomic E-state index is 11.8. The zero-order valence-electron chi connectivity index (χ0n) is 12.5. The van der Waals surface area contributed by atoms with Crippen molar-refractivity contribution in [3.05, 3.63) is 60.7 Å². The third-order valence-corrected chi connectivity index (χ3v) is 3.18. The average molecular weight is 309 g/mol. The molecule has 0 aliphatic rings. The predicted octanol–water partition coefficient (Wildman–Crippen LogP) is 2.75. The Bertz CT molecular complexity index is 836. The summed E-state index contributed by atoms with van der Waals surface area (Å²) in [6.45, 7) is 1.60. The highest BCUT2D eigenvalue weighted by molar-refractivity contribution is 5.96. The molecule has 116 valence electrons. The number of benzene rings is 1. The van der Waals surface area contributed by atoms with E-state index in [2.05, 4.69) is 15.5 Å². The summed E-state index contributed by atoms with van der Waals surface area (Å²) in [5.74, 6) is 0.804. The van der Waals surface area contributed by atoms with Crippen molar-refractivity contribution in [2.75, 3.05) is 6.61 Å². The van der Waals surface area contributed by atoms with Crippen LogP contribution >= 0.6 is 0 Å². The largest absolute Gasteiger partial charge is 0.481 e. The van der Waals surface area contributed by atoms with E-state index in [1.165, 1.54) is 0 Å². The SMILES string of the molecule is C/C(=N\NC(=O)COc1cccc2cccnc12)c1ccco1. The number of rotatable bonds is 5. The van der Waals surface area contributed by atoms with Gasteiger partial charge in [-0.2, -0.15) is 5.10 Å². The van der Waals surface area contributed by atoms with Crippen LogP contribution in [0.5, 0.6) is 5.75 Å². The molecule has 3 aromatic rings. The fourth-order valence-electron chi connectivity index (χ4n) is 2.05. The van der Waals surface area contributed by atoms with Gasteiger partial charge in [0.05, 0.1) is 6.26 Å². The van der Waals surface area contributed by atoms with Crippen LogP contribution in [-0.2, 0) is 4.79 Å². The quantitative estimate of drug-likeness (QED) is 0.581. The minimum atomic E-state index is -0.358. The number of hydrogen-bond donors (Lipinski definition) is 1. The number of para-hydroxylation sites is 1. The molecule has 0 saturated heterocycles. The van der Waals surface area contributed by atoms with Crippen molar-refractivity contribution in [1.82, 2.24) is 10.4 Å². The Morgan fingerprint density at radius 3 is 2.96 bits per heavy atom. The number of furan rings is 1. The van der Waals surface area contributed by atoms with E-state index in [0.29, 0.717) is 17.2 Å². The van der Waals surface area contributed by atoms with Crippen molar-refractivity contribution >= 4 is 22.5 Å². The summed E-state index contributed by atoms with van der Waals surface area (Å²) < 4.78 is 10.7. The average Bonchev–Trinajstić information content (AvgIpc) is 3.12. The number of ether oxygens (including phenoxy) is 1. The molecule has 0 aliphatic heterocycles. The van der Waals surface area contributed by atoms with Crippen LogP contribution in [-0.4, -0.2) is 23.2 Å². The number of carbonyl (C=O) groups is 1. The summed E-state index contributed by atoms with van der Waals surface area (Å²) in [6.07, 6.45) is 3.24. The van der Waals surface area contributed by atoms with Crippen LogP contribution in [0.3, 0.4) is 0 Å². The number of pyridine rings is 1. The van der Waals surface area contributed by atoms with Crippen molar-refractivity contribution in [3.8, 4) is 5.75 Å². The molecule has 6 heteroatoms. The summed E-state index contributed by atoms with van der Waals surface area (Å²) in [6, 6.07) is 12.9. The predicted molar refractivity (Wildman–Crippen MR) is 86.3 cm³/mol. The molecule has 1 aromatic carbocycles. The maximum Gasteiger partial charge on any atom is 0.277 e. The van der Waals surface area contributed by atoms with Crippen LogP contribution in [0.1, 0.15) is 12.7 Å². The number of fused-ring (bicyclic) bond motifs is 1. The van der Waals surface area contributed by atoms with Gasteiger partial charge in [0.2, 0.25) is 0 Å². The lowest BCUT2D eigenvalue weighted by Gasteiger charge is -2.07. The van der Waals surface area contributed by atoms with Crippen molar-refractivity contribution < 1.29 is 13.9 Å². The molecule has 6 nitrogen and oxygen atoms in total. The second-order valence-corrected chi connectivity index (χ2v) is 4.83. The molecule has 1 N–H and O–H groups in total. The van der Waals surface area contributed by atoms with Gasteiger partial charge in [0.25, 0.3) is 5.91 Å². The minimum absolute atomic E-state index is 0.148. The van der Waals surface area contributed by atoms with Crippen molar-refractivity contribution in [2.24, 2.45) is 5.10 Å². The topological polar surface area (TPSA) is 76.7 Å². The summed E-state index contributed by atoms with van der Waals surface area (Å²) in [5, 5.41) is 4.92. The van der Waals surface area contributed by atoms with Gasteiger partial charge in [-0.1, -0.05) is 18.2 Å². The number of aromatic nitrogens is 1. The van der Waals surface area contributed by atoms with Gasteiger partial charge in [0.15, 0.2) is 6.61 Å². The number of carbonyl (C=O) groups excluding carboxylic acids is 1. The molecule has 2 aromatic heterocycles. The molecule has 0 bridgehead atoms. The number of hydrogen-bond acceptors (Lipinski definition) is 5. The van der Waals surface area contributed by atoms with Gasteiger partial charge in [-0.05, 0) is 31.2 Å². The highest BCUT2D eigenvalue weighted by Crippen LogP contribution is 2.22. The first-order valence-electron chi connectivity index (χ1n) is 7.07. The van der Waals surface area contributed by atoms with Crippen molar-refractivity contribution in [1.29, 1.82) is 0 Å². The van der Waals surface area contributed by atoms with Crippen LogP contribution in [0.15, 0.2) is 64.4 Å². The van der Waals surface area contributed by atoms with Gasteiger partial charge in [-0.25, -0.2) is 5.43 Å². The fourth-order valence-corrected chi connectivity index (χ4v) is 2.05. The Hall–Kier alpha value is -3.15. The Morgan fingerprint density at radius 1 is 1.26 bits per heavy atom. The van der Waals surface area contributed by atoms with E-state index in [1.54, 1.807) is 37.6 Å². The first-order chi connectivity index (χ1) is 11.2. The number of hydrazone groups is 1. The highest BCUT2D eigenvalue weighted by Gasteiger charge is 2.07. The fraction of sp³-hybridized carbons (Fsp3) is 0.118. The summed E-state index contributed by atoms with van der Waals surface area (Å²) in [4.78, 5) is 16.1. The molecule has 0 fully saturated rings. The standard InChI is InChI=1S/C17H15N3O3/c1-12(14-8-4-10-22-14)19-20-16(21)11-23-15-7-2-5-13-6-3-9-18-17(13)15/h2-10H,11H2,1H3,(H,20,21)/b19-12+. The van der Waals surface area contributed by atoms with Crippen LogP contribution < -0.4 is 10.2 Å². The molecule has 0 atom stereocenters. The minimum Gasteiger partial charge on any atom is -0.481 e. The Labute approximate surface area is 132 Å². The van der Waals surface area contributed by atoms with E-state index in [1.807, 2.05) is 24.3 Å². The van der Waals surface area contributed by atoms with Gasteiger partial charge >= 0.3 is 0 Å². The molecule has 23 heavy (non-hydrogen) atoms. The van der Waals surface area contributed by atoms with Crippen molar-refractivity contribution in [2.45, 2.75) is 6.92 Å². The van der Waals surface area contributed by atoms with E-state index >= 15 is 0 Å². The normalized spacial score (nSPS) is 11.4. The number of nitrogens with one attached hydrogen (secondary N) is 1. The molecule has 3 rings (SSSR count). The highest BCUT2D eigenvalue weighted by atomic mass is 16.5. The summed E-state index contributed by atoms with van der Waals surface area (Å²) >= 11 is 0. The van der Waals surface area contributed by atoms with E-state index in [0.717, 1.165) is 10.9 Å². The second kappa shape index (κ2) is 6.74. The monoisotopic (exact) mass is 309 g/mol. The van der Waals surface area contributed by atoms with Crippen molar-refractivity contribution in [3.63, 3.8) is 0 Å². The van der Waals surface area contributed by atoms with E-state index in [-0.39, 0.29) is 12.5 Å². The van der Waals surface area contributed by atoms with E-state index in [9.17, 15) is 4.79 Å². The van der Waals surface area contributed by atoms with Crippen LogP contribution in [0.25, 0.3) is 10.9 Å². The third kappa shape index (κ3) is 3.55. The van der Waals surface area contributed by atoms with Crippen LogP contribution in [0, 0.1) is 0 Å². The third-order valence-electron chi connectivity index (χ3n) is 3.18. The lowest BCUT2D eigenvalue weighted by atomic mass is 10.2. The van der Waals surface area contributed by atoms with Crippen LogP contribution in [0.4, 0.5) is 0 Å². The van der Waals surface area contributed by atoms with Crippen LogP contribution in [0.2, 0.25) is 0 Å². The second-order valence-electron chi connectivity index (χ2n) is 4.83. The van der Waals surface area contributed by atoms with Gasteiger partial charge < -0.3 is 9.15 Å². The first kappa shape index (κ1) is 14.8. The van der Waals surface area contributed by atoms with Gasteiger partial charge in [-0.15, -0.1) is 0 Å². The molecule has 0 radical (unpaired) electrons. The lowest BCUT2D eigenvalue weighted by Crippen LogP contribution is -2.25. The lowest BCUT2D eigenvalue weighted by molar-refractivity contribution is -0.123. The number of nitrogens with zero attached hydrogens (tertiary/aromatic N) is 2. The van der Waals surface area contributed by atoms with E-state index in [4.69, 9.17) is 9.15 Å². The van der Waals surface area contributed by atoms with Gasteiger partial charge in [0, 0.05) is 11.6 Å².